The van der Waals surface area contributed by atoms with Gasteiger partial charge >= 0.3 is 5.63 Å². The van der Waals surface area contributed by atoms with Gasteiger partial charge in [-0.2, -0.15) is 0 Å². The van der Waals surface area contributed by atoms with E-state index in [1.807, 2.05) is 6.92 Å². The molecular formula is C19H20N2O4. The lowest BCUT2D eigenvalue weighted by molar-refractivity contribution is -0.130. The number of aliphatic hydroxyl groups is 1. The van der Waals surface area contributed by atoms with Gasteiger partial charge < -0.3 is 14.9 Å². The Hall–Kier alpha value is -2.65. The van der Waals surface area contributed by atoms with Crippen LogP contribution in [-0.4, -0.2) is 21.8 Å². The average Bonchev–Trinajstić information content (AvgIpc) is 3.28. The number of hydrogen-bond acceptors (Lipinski definition) is 5. The molecule has 1 atom stereocenters. The molecule has 0 radical (unpaired) electrons. The second kappa shape index (κ2) is 6.01. The Labute approximate surface area is 145 Å². The average molecular weight is 340 g/mol. The number of hydrogen-bond donors (Lipinski definition) is 2. The van der Waals surface area contributed by atoms with Crippen LogP contribution in [0.2, 0.25) is 0 Å². The molecule has 3 rings (SSSR count). The quantitative estimate of drug-likeness (QED) is 0.834. The largest absolute Gasteiger partial charge is 0.369 e. The number of carbonyl (C=O) groups is 1. The first-order valence-electron chi connectivity index (χ1n) is 8.14. The molecule has 25 heavy (non-hydrogen) atoms. The van der Waals surface area contributed by atoms with E-state index in [9.17, 15) is 14.7 Å². The van der Waals surface area contributed by atoms with Gasteiger partial charge in [-0.05, 0) is 50.3 Å². The number of carbonyl (C=O) groups excluding carboxylic acids is 1. The van der Waals surface area contributed by atoms with Crippen molar-refractivity contribution >= 4 is 22.4 Å². The van der Waals surface area contributed by atoms with Gasteiger partial charge in [0, 0.05) is 17.5 Å². The molecule has 1 saturated carbocycles. The van der Waals surface area contributed by atoms with Crippen LogP contribution in [0.15, 0.2) is 27.5 Å². The summed E-state index contributed by atoms with van der Waals surface area (Å²) in [5.74, 6) is 4.73. The van der Waals surface area contributed by atoms with Crippen molar-refractivity contribution in [2.75, 3.05) is 5.32 Å². The van der Waals surface area contributed by atoms with Crippen molar-refractivity contribution in [1.29, 1.82) is 0 Å². The zero-order valence-corrected chi connectivity index (χ0v) is 14.5. The first-order valence-corrected chi connectivity index (χ1v) is 8.14. The SMILES string of the molecule is CC#CC(O)(CC1(C)CC1)C(=O)Nc1ccc2c(=O)onc(C)c2c1. The van der Waals surface area contributed by atoms with E-state index < -0.39 is 17.1 Å². The molecule has 2 N–H and O–H groups in total. The van der Waals surface area contributed by atoms with E-state index in [0.717, 1.165) is 12.8 Å². The molecule has 0 bridgehead atoms. The van der Waals surface area contributed by atoms with Crippen molar-refractivity contribution in [3.63, 3.8) is 0 Å². The zero-order valence-electron chi connectivity index (χ0n) is 14.5. The van der Waals surface area contributed by atoms with Crippen molar-refractivity contribution in [3.8, 4) is 11.8 Å². The number of nitrogens with zero attached hydrogens (tertiary/aromatic N) is 1. The molecule has 0 spiro atoms. The van der Waals surface area contributed by atoms with E-state index in [2.05, 4.69) is 26.8 Å². The van der Waals surface area contributed by atoms with Gasteiger partial charge in [0.25, 0.3) is 5.91 Å². The Morgan fingerprint density at radius 3 is 2.80 bits per heavy atom. The van der Waals surface area contributed by atoms with E-state index in [4.69, 9.17) is 0 Å². The third-order valence-electron chi connectivity index (χ3n) is 4.65. The van der Waals surface area contributed by atoms with Crippen LogP contribution in [0.1, 0.15) is 38.8 Å². The fourth-order valence-corrected chi connectivity index (χ4v) is 2.94. The highest BCUT2D eigenvalue weighted by atomic mass is 16.5. The van der Waals surface area contributed by atoms with Gasteiger partial charge in [0.15, 0.2) is 0 Å². The fraction of sp³-hybridized carbons (Fsp3) is 0.421. The molecular weight excluding hydrogens is 320 g/mol. The minimum Gasteiger partial charge on any atom is -0.369 e. The predicted octanol–water partition coefficient (Wildman–Crippen LogP) is 2.38. The summed E-state index contributed by atoms with van der Waals surface area (Å²) in [6.45, 7) is 5.34. The van der Waals surface area contributed by atoms with Crippen LogP contribution >= 0.6 is 0 Å². The summed E-state index contributed by atoms with van der Waals surface area (Å²) in [5.41, 5.74) is -1.31. The summed E-state index contributed by atoms with van der Waals surface area (Å²) in [5, 5.41) is 18.1. The number of aryl methyl sites for hydroxylation is 1. The number of aromatic nitrogens is 1. The van der Waals surface area contributed by atoms with Gasteiger partial charge in [-0.25, -0.2) is 4.79 Å². The second-order valence-corrected chi connectivity index (χ2v) is 6.99. The summed E-state index contributed by atoms with van der Waals surface area (Å²) >= 11 is 0. The van der Waals surface area contributed by atoms with Crippen molar-refractivity contribution < 1.29 is 14.4 Å². The van der Waals surface area contributed by atoms with E-state index in [-0.39, 0.29) is 5.41 Å². The lowest BCUT2D eigenvalue weighted by atomic mass is 9.88. The molecule has 2 aromatic rings. The van der Waals surface area contributed by atoms with Crippen LogP contribution in [-0.2, 0) is 4.79 Å². The van der Waals surface area contributed by atoms with Crippen LogP contribution < -0.4 is 10.9 Å². The van der Waals surface area contributed by atoms with Crippen LogP contribution in [0.25, 0.3) is 10.8 Å². The Balaban J connectivity index is 1.90. The molecule has 1 amide bonds. The van der Waals surface area contributed by atoms with E-state index in [1.165, 1.54) is 0 Å². The Bertz CT molecular complexity index is 963. The van der Waals surface area contributed by atoms with Gasteiger partial charge in [0.05, 0.1) is 11.1 Å². The maximum absolute atomic E-state index is 12.7. The number of fused-ring (bicyclic) bond motifs is 1. The molecule has 6 nitrogen and oxygen atoms in total. The number of anilines is 1. The van der Waals surface area contributed by atoms with Crippen molar-refractivity contribution in [2.45, 2.75) is 45.6 Å². The Morgan fingerprint density at radius 2 is 2.16 bits per heavy atom. The number of nitrogens with one attached hydrogen (secondary N) is 1. The molecule has 1 fully saturated rings. The monoisotopic (exact) mass is 340 g/mol. The zero-order chi connectivity index (χ0) is 18.2. The van der Waals surface area contributed by atoms with Gasteiger partial charge in [-0.1, -0.05) is 18.0 Å². The van der Waals surface area contributed by atoms with Gasteiger partial charge in [-0.3, -0.25) is 4.79 Å². The van der Waals surface area contributed by atoms with Crippen LogP contribution in [0.5, 0.6) is 0 Å². The molecule has 6 heteroatoms. The van der Waals surface area contributed by atoms with Crippen molar-refractivity contribution in [2.24, 2.45) is 5.41 Å². The number of rotatable bonds is 4. The highest BCUT2D eigenvalue weighted by Gasteiger charge is 2.47. The van der Waals surface area contributed by atoms with Crippen molar-refractivity contribution in [3.05, 3.63) is 34.3 Å². The predicted molar refractivity (Wildman–Crippen MR) is 94.0 cm³/mol. The van der Waals surface area contributed by atoms with E-state index >= 15 is 0 Å². The fourth-order valence-electron chi connectivity index (χ4n) is 2.94. The Morgan fingerprint density at radius 1 is 1.44 bits per heavy atom. The number of amides is 1. The molecule has 0 aliphatic heterocycles. The highest BCUT2D eigenvalue weighted by molar-refractivity contribution is 6.01. The topological polar surface area (TPSA) is 92.4 Å². The molecule has 1 aliphatic carbocycles. The normalized spacial score (nSPS) is 17.3. The third kappa shape index (κ3) is 3.42. The third-order valence-corrected chi connectivity index (χ3v) is 4.65. The summed E-state index contributed by atoms with van der Waals surface area (Å²) in [4.78, 5) is 24.4. The van der Waals surface area contributed by atoms with Gasteiger partial charge in [0.1, 0.15) is 0 Å². The van der Waals surface area contributed by atoms with E-state index in [0.29, 0.717) is 28.6 Å². The molecule has 1 unspecified atom stereocenters. The van der Waals surface area contributed by atoms with Crippen LogP contribution in [0.3, 0.4) is 0 Å². The lowest BCUT2D eigenvalue weighted by Crippen LogP contribution is -2.43. The van der Waals surface area contributed by atoms with E-state index in [1.54, 1.807) is 32.0 Å². The maximum Gasteiger partial charge on any atom is 0.366 e. The lowest BCUT2D eigenvalue weighted by Gasteiger charge is -2.24. The minimum absolute atomic E-state index is 0.0429. The minimum atomic E-state index is -1.74. The summed E-state index contributed by atoms with van der Waals surface area (Å²) < 4.78 is 4.69. The molecule has 130 valence electrons. The molecule has 1 heterocycles. The smallest absolute Gasteiger partial charge is 0.366 e. The van der Waals surface area contributed by atoms with Crippen molar-refractivity contribution in [1.82, 2.24) is 5.16 Å². The second-order valence-electron chi connectivity index (χ2n) is 6.99. The van der Waals surface area contributed by atoms with Gasteiger partial charge in [-0.15, -0.1) is 5.92 Å². The molecule has 1 aromatic carbocycles. The first kappa shape index (κ1) is 17.2. The first-order chi connectivity index (χ1) is 11.8. The summed E-state index contributed by atoms with van der Waals surface area (Å²) in [7, 11) is 0. The molecule has 1 aliphatic rings. The summed E-state index contributed by atoms with van der Waals surface area (Å²) in [6.07, 6.45) is 2.25. The van der Waals surface area contributed by atoms with Crippen LogP contribution in [0.4, 0.5) is 5.69 Å². The maximum atomic E-state index is 12.7. The Kier molecular flexibility index (Phi) is 4.13. The standard InChI is InChI=1S/C19H20N2O4/c1-4-7-19(24,11-18(3)8-9-18)17(23)20-13-5-6-14-15(10-13)12(2)21-25-16(14)22/h5-6,10,24H,8-9,11H2,1-3H3,(H,20,23). The van der Waals surface area contributed by atoms with Crippen LogP contribution in [0, 0.1) is 24.2 Å². The number of benzene rings is 1. The van der Waals surface area contributed by atoms with Gasteiger partial charge in [0.2, 0.25) is 5.60 Å². The molecule has 0 saturated heterocycles. The molecule has 1 aromatic heterocycles. The highest BCUT2D eigenvalue weighted by Crippen LogP contribution is 2.50. The summed E-state index contributed by atoms with van der Waals surface area (Å²) in [6, 6.07) is 4.80.